The molecule has 0 aliphatic rings. The van der Waals surface area contributed by atoms with E-state index in [1.165, 1.54) is 0 Å². The van der Waals surface area contributed by atoms with Crippen LogP contribution in [0, 0.1) is 11.3 Å². The number of pyridine rings is 1. The highest BCUT2D eigenvalue weighted by Crippen LogP contribution is 2.30. The van der Waals surface area contributed by atoms with E-state index in [1.54, 1.807) is 30.6 Å². The predicted molar refractivity (Wildman–Crippen MR) is 82.1 cm³/mol. The number of benzene rings is 1. The third kappa shape index (κ3) is 4.19. The molecular formula is C16H16ClN3O. The van der Waals surface area contributed by atoms with E-state index < -0.39 is 0 Å². The zero-order valence-electron chi connectivity index (χ0n) is 11.5. The van der Waals surface area contributed by atoms with Crippen molar-refractivity contribution in [1.29, 1.82) is 5.26 Å². The van der Waals surface area contributed by atoms with Gasteiger partial charge in [-0.15, -0.1) is 0 Å². The van der Waals surface area contributed by atoms with Crippen LogP contribution in [0.15, 0.2) is 42.7 Å². The molecule has 0 spiro atoms. The topological polar surface area (TPSA) is 71.9 Å². The molecular weight excluding hydrogens is 286 g/mol. The fraction of sp³-hybridized carbons (Fsp3) is 0.250. The van der Waals surface area contributed by atoms with Gasteiger partial charge in [-0.3, -0.25) is 4.98 Å². The highest BCUT2D eigenvalue weighted by Gasteiger charge is 2.15. The SMILES string of the molecule is N#Cc1ccc(Cl)cc1OC(CCCN)c1cccnc1. The molecule has 1 heterocycles. The molecule has 0 radical (unpaired) electrons. The molecule has 1 atom stereocenters. The van der Waals surface area contributed by atoms with E-state index in [-0.39, 0.29) is 6.10 Å². The fourth-order valence-electron chi connectivity index (χ4n) is 2.00. The molecule has 0 aliphatic carbocycles. The van der Waals surface area contributed by atoms with Gasteiger partial charge in [0, 0.05) is 29.0 Å². The van der Waals surface area contributed by atoms with Crippen molar-refractivity contribution in [1.82, 2.24) is 4.98 Å². The molecule has 108 valence electrons. The molecule has 0 aliphatic heterocycles. The number of aromatic nitrogens is 1. The van der Waals surface area contributed by atoms with Crippen LogP contribution >= 0.6 is 11.6 Å². The Balaban J connectivity index is 2.27. The molecule has 5 heteroatoms. The Morgan fingerprint density at radius 1 is 1.38 bits per heavy atom. The number of halogens is 1. The maximum Gasteiger partial charge on any atom is 0.139 e. The Hall–Kier alpha value is -2.09. The van der Waals surface area contributed by atoms with E-state index in [2.05, 4.69) is 11.1 Å². The molecule has 2 aromatic rings. The number of rotatable bonds is 6. The number of nitrogens with zero attached hydrogens (tertiary/aromatic N) is 2. The lowest BCUT2D eigenvalue weighted by atomic mass is 10.1. The van der Waals surface area contributed by atoms with Gasteiger partial charge in [0.05, 0.1) is 5.56 Å². The van der Waals surface area contributed by atoms with Crippen molar-refractivity contribution < 1.29 is 4.74 Å². The zero-order valence-corrected chi connectivity index (χ0v) is 12.3. The van der Waals surface area contributed by atoms with Gasteiger partial charge in [0.2, 0.25) is 0 Å². The minimum absolute atomic E-state index is 0.201. The summed E-state index contributed by atoms with van der Waals surface area (Å²) in [7, 11) is 0. The van der Waals surface area contributed by atoms with E-state index in [0.717, 1.165) is 18.4 Å². The van der Waals surface area contributed by atoms with Crippen LogP contribution in [0.2, 0.25) is 5.02 Å². The average Bonchev–Trinajstić information content (AvgIpc) is 2.52. The molecule has 0 saturated heterocycles. The first kappa shape index (κ1) is 15.3. The molecule has 4 nitrogen and oxygen atoms in total. The van der Waals surface area contributed by atoms with E-state index >= 15 is 0 Å². The summed E-state index contributed by atoms with van der Waals surface area (Å²) in [6.07, 6.45) is 4.84. The summed E-state index contributed by atoms with van der Waals surface area (Å²) in [5.74, 6) is 0.482. The summed E-state index contributed by atoms with van der Waals surface area (Å²) in [6, 6.07) is 10.9. The normalized spacial score (nSPS) is 11.7. The largest absolute Gasteiger partial charge is 0.484 e. The summed E-state index contributed by atoms with van der Waals surface area (Å²) in [6.45, 7) is 0.584. The second kappa shape index (κ2) is 7.63. The first-order chi connectivity index (χ1) is 10.2. The lowest BCUT2D eigenvalue weighted by molar-refractivity contribution is 0.191. The number of ether oxygens (including phenoxy) is 1. The second-order valence-corrected chi connectivity index (χ2v) is 5.01. The third-order valence-corrected chi connectivity index (χ3v) is 3.30. The monoisotopic (exact) mass is 301 g/mol. The number of hydrogen-bond donors (Lipinski definition) is 1. The molecule has 2 N–H and O–H groups in total. The smallest absolute Gasteiger partial charge is 0.139 e. The van der Waals surface area contributed by atoms with Crippen molar-refractivity contribution in [2.75, 3.05) is 6.54 Å². The van der Waals surface area contributed by atoms with Crippen LogP contribution in [0.3, 0.4) is 0 Å². The van der Waals surface area contributed by atoms with E-state index in [4.69, 9.17) is 27.3 Å². The molecule has 1 aromatic heterocycles. The van der Waals surface area contributed by atoms with Gasteiger partial charge in [-0.2, -0.15) is 5.26 Å². The van der Waals surface area contributed by atoms with Gasteiger partial charge in [-0.05, 0) is 37.6 Å². The summed E-state index contributed by atoms with van der Waals surface area (Å²) in [5, 5.41) is 9.70. The van der Waals surface area contributed by atoms with Crippen molar-refractivity contribution in [2.24, 2.45) is 5.73 Å². The van der Waals surface area contributed by atoms with Gasteiger partial charge in [-0.25, -0.2) is 0 Å². The Bertz CT molecular complexity index is 625. The summed E-state index contributed by atoms with van der Waals surface area (Å²) in [5.41, 5.74) is 7.00. The van der Waals surface area contributed by atoms with Crippen LogP contribution in [0.5, 0.6) is 5.75 Å². The van der Waals surface area contributed by atoms with Crippen molar-refractivity contribution >= 4 is 11.6 Å². The van der Waals surface area contributed by atoms with Gasteiger partial charge in [-0.1, -0.05) is 17.7 Å². The van der Waals surface area contributed by atoms with E-state index in [1.807, 2.05) is 12.1 Å². The Kier molecular flexibility index (Phi) is 5.56. The molecule has 1 aromatic carbocycles. The van der Waals surface area contributed by atoms with Crippen LogP contribution in [-0.2, 0) is 0 Å². The average molecular weight is 302 g/mol. The van der Waals surface area contributed by atoms with Gasteiger partial charge < -0.3 is 10.5 Å². The third-order valence-electron chi connectivity index (χ3n) is 3.06. The van der Waals surface area contributed by atoms with Crippen LogP contribution in [-0.4, -0.2) is 11.5 Å². The molecule has 1 unspecified atom stereocenters. The summed E-state index contributed by atoms with van der Waals surface area (Å²) >= 11 is 5.99. The molecule has 0 fully saturated rings. The molecule has 0 amide bonds. The van der Waals surface area contributed by atoms with Gasteiger partial charge in [0.15, 0.2) is 0 Å². The molecule has 2 rings (SSSR count). The molecule has 21 heavy (non-hydrogen) atoms. The minimum Gasteiger partial charge on any atom is -0.484 e. The predicted octanol–water partition coefficient (Wildman–Crippen LogP) is 3.47. The summed E-state index contributed by atoms with van der Waals surface area (Å²) < 4.78 is 6.00. The van der Waals surface area contributed by atoms with Crippen molar-refractivity contribution in [3.05, 3.63) is 58.9 Å². The first-order valence-corrected chi connectivity index (χ1v) is 7.08. The Labute approximate surface area is 129 Å². The highest BCUT2D eigenvalue weighted by atomic mass is 35.5. The van der Waals surface area contributed by atoms with Crippen LogP contribution in [0.4, 0.5) is 0 Å². The maximum absolute atomic E-state index is 9.16. The van der Waals surface area contributed by atoms with E-state index in [9.17, 15) is 0 Å². The standard InChI is InChI=1S/C16H16ClN3O/c17-14-6-5-12(10-19)16(9-14)21-15(4-1-7-18)13-3-2-8-20-11-13/h2-3,5-6,8-9,11,15H,1,4,7,18H2. The van der Waals surface area contributed by atoms with Crippen LogP contribution in [0.1, 0.15) is 30.1 Å². The minimum atomic E-state index is -0.201. The lowest BCUT2D eigenvalue weighted by Gasteiger charge is -2.20. The zero-order chi connectivity index (χ0) is 15.1. The van der Waals surface area contributed by atoms with Gasteiger partial charge in [0.25, 0.3) is 0 Å². The van der Waals surface area contributed by atoms with Crippen LogP contribution in [0.25, 0.3) is 0 Å². The Morgan fingerprint density at radius 2 is 2.24 bits per heavy atom. The van der Waals surface area contributed by atoms with Gasteiger partial charge >= 0.3 is 0 Å². The summed E-state index contributed by atoms with van der Waals surface area (Å²) in [4.78, 5) is 4.11. The van der Waals surface area contributed by atoms with E-state index in [0.29, 0.717) is 22.9 Å². The highest BCUT2D eigenvalue weighted by molar-refractivity contribution is 6.30. The first-order valence-electron chi connectivity index (χ1n) is 6.71. The maximum atomic E-state index is 9.16. The Morgan fingerprint density at radius 3 is 2.90 bits per heavy atom. The lowest BCUT2D eigenvalue weighted by Crippen LogP contribution is -2.11. The number of nitrogens with two attached hydrogens (primary N) is 1. The van der Waals surface area contributed by atoms with Crippen molar-refractivity contribution in [2.45, 2.75) is 18.9 Å². The molecule has 0 saturated carbocycles. The van der Waals surface area contributed by atoms with Gasteiger partial charge in [0.1, 0.15) is 17.9 Å². The second-order valence-electron chi connectivity index (χ2n) is 4.58. The van der Waals surface area contributed by atoms with Crippen LogP contribution < -0.4 is 10.5 Å². The molecule has 0 bridgehead atoms. The van der Waals surface area contributed by atoms with Crippen molar-refractivity contribution in [3.63, 3.8) is 0 Å². The fourth-order valence-corrected chi connectivity index (χ4v) is 2.16. The number of hydrogen-bond acceptors (Lipinski definition) is 4. The van der Waals surface area contributed by atoms with Crippen molar-refractivity contribution in [3.8, 4) is 11.8 Å². The number of nitriles is 1. The quantitative estimate of drug-likeness (QED) is 0.886.